The smallest absolute Gasteiger partial charge is 0.311 e. The first-order valence-electron chi connectivity index (χ1n) is 5.03. The molecular formula is C10H19NO3. The number of piperidine rings is 1. The van der Waals surface area contributed by atoms with Crippen LogP contribution < -0.4 is 5.32 Å². The molecular weight excluding hydrogens is 182 g/mol. The molecule has 0 amide bonds. The average Bonchev–Trinajstić information content (AvgIpc) is 2.26. The summed E-state index contributed by atoms with van der Waals surface area (Å²) in [5.74, 6) is -0.0870. The van der Waals surface area contributed by atoms with Crippen LogP contribution in [-0.4, -0.2) is 39.9 Å². The van der Waals surface area contributed by atoms with Crippen molar-refractivity contribution in [3.63, 3.8) is 0 Å². The summed E-state index contributed by atoms with van der Waals surface area (Å²) >= 11 is 0. The van der Waals surface area contributed by atoms with Gasteiger partial charge in [-0.1, -0.05) is 0 Å². The highest BCUT2D eigenvalue weighted by Gasteiger charge is 2.39. The van der Waals surface area contributed by atoms with Gasteiger partial charge in [0.15, 0.2) is 0 Å². The van der Waals surface area contributed by atoms with Gasteiger partial charge < -0.3 is 14.8 Å². The Morgan fingerprint density at radius 1 is 1.36 bits per heavy atom. The Morgan fingerprint density at radius 3 is 2.50 bits per heavy atom. The van der Waals surface area contributed by atoms with E-state index in [2.05, 4.69) is 5.32 Å². The molecule has 0 aromatic carbocycles. The fourth-order valence-electron chi connectivity index (χ4n) is 1.98. The predicted molar refractivity (Wildman–Crippen MR) is 53.0 cm³/mol. The van der Waals surface area contributed by atoms with Crippen LogP contribution in [0.4, 0.5) is 0 Å². The SMILES string of the molecule is COCCC1(C(=O)OC)CCNCC1. The van der Waals surface area contributed by atoms with Crippen molar-refractivity contribution in [1.82, 2.24) is 5.32 Å². The van der Waals surface area contributed by atoms with Crippen molar-refractivity contribution >= 4 is 5.97 Å². The summed E-state index contributed by atoms with van der Waals surface area (Å²) in [7, 11) is 3.12. The predicted octanol–water partition coefficient (Wildman–Crippen LogP) is 0.566. The van der Waals surface area contributed by atoms with Crippen LogP contribution in [-0.2, 0) is 14.3 Å². The molecule has 1 fully saturated rings. The van der Waals surface area contributed by atoms with Crippen molar-refractivity contribution in [2.45, 2.75) is 19.3 Å². The minimum atomic E-state index is -0.310. The number of methoxy groups -OCH3 is 2. The Morgan fingerprint density at radius 2 is 2.00 bits per heavy atom. The first-order chi connectivity index (χ1) is 6.75. The van der Waals surface area contributed by atoms with Gasteiger partial charge in [0.1, 0.15) is 0 Å². The molecule has 0 radical (unpaired) electrons. The van der Waals surface area contributed by atoms with E-state index in [1.807, 2.05) is 0 Å². The number of rotatable bonds is 4. The van der Waals surface area contributed by atoms with Crippen molar-refractivity contribution in [2.24, 2.45) is 5.41 Å². The molecule has 0 bridgehead atoms. The molecule has 0 aromatic rings. The first kappa shape index (κ1) is 11.5. The van der Waals surface area contributed by atoms with Crippen molar-refractivity contribution < 1.29 is 14.3 Å². The Bertz CT molecular complexity index is 188. The number of hydrogen-bond acceptors (Lipinski definition) is 4. The fourth-order valence-corrected chi connectivity index (χ4v) is 1.98. The maximum absolute atomic E-state index is 11.7. The van der Waals surface area contributed by atoms with Crippen LogP contribution in [0.1, 0.15) is 19.3 Å². The largest absolute Gasteiger partial charge is 0.469 e. The summed E-state index contributed by atoms with van der Waals surface area (Å²) in [6.45, 7) is 2.40. The molecule has 0 aliphatic carbocycles. The van der Waals surface area contributed by atoms with E-state index < -0.39 is 0 Å². The third-order valence-electron chi connectivity index (χ3n) is 2.96. The van der Waals surface area contributed by atoms with Crippen LogP contribution in [0.5, 0.6) is 0 Å². The second kappa shape index (κ2) is 5.32. The van der Waals surface area contributed by atoms with Gasteiger partial charge in [-0.3, -0.25) is 4.79 Å². The molecule has 1 aliphatic heterocycles. The van der Waals surface area contributed by atoms with Gasteiger partial charge in [0.2, 0.25) is 0 Å². The number of nitrogens with one attached hydrogen (secondary N) is 1. The van der Waals surface area contributed by atoms with E-state index in [1.165, 1.54) is 7.11 Å². The Hall–Kier alpha value is -0.610. The monoisotopic (exact) mass is 201 g/mol. The van der Waals surface area contributed by atoms with Gasteiger partial charge >= 0.3 is 5.97 Å². The van der Waals surface area contributed by atoms with Gasteiger partial charge in [0.05, 0.1) is 12.5 Å². The summed E-state index contributed by atoms with van der Waals surface area (Å²) in [6, 6.07) is 0. The molecule has 4 nitrogen and oxygen atoms in total. The molecule has 1 saturated heterocycles. The number of esters is 1. The Balaban J connectivity index is 2.61. The maximum Gasteiger partial charge on any atom is 0.311 e. The Kier molecular flexibility index (Phi) is 4.35. The summed E-state index contributed by atoms with van der Waals surface area (Å²) < 4.78 is 9.90. The van der Waals surface area contributed by atoms with Gasteiger partial charge in [0, 0.05) is 13.7 Å². The van der Waals surface area contributed by atoms with Crippen LogP contribution in [0.2, 0.25) is 0 Å². The molecule has 14 heavy (non-hydrogen) atoms. The molecule has 0 spiro atoms. The minimum Gasteiger partial charge on any atom is -0.469 e. The lowest BCUT2D eigenvalue weighted by atomic mass is 9.76. The normalized spacial score (nSPS) is 20.4. The molecule has 0 atom stereocenters. The van der Waals surface area contributed by atoms with Crippen molar-refractivity contribution in [2.75, 3.05) is 33.9 Å². The molecule has 4 heteroatoms. The summed E-state index contributed by atoms with van der Waals surface area (Å²) in [5, 5.41) is 3.25. The van der Waals surface area contributed by atoms with Crippen LogP contribution in [0.25, 0.3) is 0 Å². The molecule has 0 unspecified atom stereocenters. The summed E-state index contributed by atoms with van der Waals surface area (Å²) in [6.07, 6.45) is 2.46. The van der Waals surface area contributed by atoms with E-state index in [9.17, 15) is 4.79 Å². The third kappa shape index (κ3) is 2.45. The van der Waals surface area contributed by atoms with Crippen molar-refractivity contribution in [3.8, 4) is 0 Å². The van der Waals surface area contributed by atoms with E-state index in [4.69, 9.17) is 9.47 Å². The summed E-state index contributed by atoms with van der Waals surface area (Å²) in [4.78, 5) is 11.7. The zero-order chi connectivity index (χ0) is 10.4. The molecule has 1 N–H and O–H groups in total. The molecule has 1 rings (SSSR count). The van der Waals surface area contributed by atoms with Gasteiger partial charge in [0.25, 0.3) is 0 Å². The van der Waals surface area contributed by atoms with Gasteiger partial charge in [-0.25, -0.2) is 0 Å². The van der Waals surface area contributed by atoms with Crippen LogP contribution in [0, 0.1) is 5.41 Å². The van der Waals surface area contributed by atoms with E-state index in [1.54, 1.807) is 7.11 Å². The molecule has 1 aliphatic rings. The first-order valence-corrected chi connectivity index (χ1v) is 5.03. The number of hydrogen-bond donors (Lipinski definition) is 1. The summed E-state index contributed by atoms with van der Waals surface area (Å²) in [5.41, 5.74) is -0.310. The number of carbonyl (C=O) groups is 1. The average molecular weight is 201 g/mol. The second-order valence-electron chi connectivity index (χ2n) is 3.76. The van der Waals surface area contributed by atoms with Crippen molar-refractivity contribution in [1.29, 1.82) is 0 Å². The third-order valence-corrected chi connectivity index (χ3v) is 2.96. The topological polar surface area (TPSA) is 47.6 Å². The number of ether oxygens (including phenoxy) is 2. The van der Waals surface area contributed by atoms with Gasteiger partial charge in [-0.15, -0.1) is 0 Å². The number of carbonyl (C=O) groups excluding carboxylic acids is 1. The minimum absolute atomic E-state index is 0.0870. The highest BCUT2D eigenvalue weighted by Crippen LogP contribution is 2.33. The van der Waals surface area contributed by atoms with Gasteiger partial charge in [-0.05, 0) is 32.4 Å². The second-order valence-corrected chi connectivity index (χ2v) is 3.76. The fraction of sp³-hybridized carbons (Fsp3) is 0.900. The van der Waals surface area contributed by atoms with Crippen LogP contribution in [0.3, 0.4) is 0 Å². The van der Waals surface area contributed by atoms with Gasteiger partial charge in [-0.2, -0.15) is 0 Å². The molecule has 1 heterocycles. The zero-order valence-electron chi connectivity index (χ0n) is 8.97. The standard InChI is InChI=1S/C10H19NO3/c1-13-8-5-10(9(12)14-2)3-6-11-7-4-10/h11H,3-8H2,1-2H3. The van der Waals surface area contributed by atoms with Crippen molar-refractivity contribution in [3.05, 3.63) is 0 Å². The highest BCUT2D eigenvalue weighted by molar-refractivity contribution is 5.76. The lowest BCUT2D eigenvalue weighted by Crippen LogP contribution is -2.43. The van der Waals surface area contributed by atoms with E-state index in [-0.39, 0.29) is 11.4 Å². The van der Waals surface area contributed by atoms with E-state index in [0.717, 1.165) is 32.4 Å². The van der Waals surface area contributed by atoms with E-state index in [0.29, 0.717) is 6.61 Å². The van der Waals surface area contributed by atoms with Crippen LogP contribution in [0.15, 0.2) is 0 Å². The highest BCUT2D eigenvalue weighted by atomic mass is 16.5. The zero-order valence-corrected chi connectivity index (χ0v) is 8.97. The maximum atomic E-state index is 11.7. The van der Waals surface area contributed by atoms with Crippen LogP contribution >= 0.6 is 0 Å². The Labute approximate surface area is 85.0 Å². The lowest BCUT2D eigenvalue weighted by Gasteiger charge is -2.34. The molecule has 82 valence electrons. The van der Waals surface area contributed by atoms with E-state index >= 15 is 0 Å². The molecule has 0 aromatic heterocycles. The molecule has 0 saturated carbocycles. The quantitative estimate of drug-likeness (QED) is 0.675. The lowest BCUT2D eigenvalue weighted by molar-refractivity contribution is -0.155.